The number of aryl methyl sites for hydroxylation is 1. The molecular weight excluding hydrogens is 258 g/mol. The zero-order chi connectivity index (χ0) is 14.8. The number of nitrogens with one attached hydrogen (secondary N) is 2. The summed E-state index contributed by atoms with van der Waals surface area (Å²) in [6.07, 6.45) is 1.47. The Hall–Kier alpha value is -1.95. The number of nitro groups is 1. The van der Waals surface area contributed by atoms with Gasteiger partial charge in [-0.05, 0) is 44.5 Å². The van der Waals surface area contributed by atoms with E-state index in [4.69, 9.17) is 0 Å². The predicted molar refractivity (Wildman–Crippen MR) is 76.7 cm³/mol. The molecule has 2 N–H and O–H groups in total. The van der Waals surface area contributed by atoms with Crippen molar-refractivity contribution in [3.63, 3.8) is 0 Å². The summed E-state index contributed by atoms with van der Waals surface area (Å²) < 4.78 is 0. The molecule has 0 bridgehead atoms. The van der Waals surface area contributed by atoms with Crippen LogP contribution in [0.5, 0.6) is 0 Å². The van der Waals surface area contributed by atoms with Crippen LogP contribution in [0.4, 0.5) is 11.4 Å². The minimum Gasteiger partial charge on any atom is -0.320 e. The fourth-order valence-electron chi connectivity index (χ4n) is 2.38. The van der Waals surface area contributed by atoms with E-state index in [9.17, 15) is 14.9 Å². The fraction of sp³-hybridized carbons (Fsp3) is 0.500. The van der Waals surface area contributed by atoms with Crippen LogP contribution in [-0.2, 0) is 4.79 Å². The number of hydrogen-bond donors (Lipinski definition) is 2. The Morgan fingerprint density at radius 2 is 2.05 bits per heavy atom. The third-order valence-corrected chi connectivity index (χ3v) is 3.85. The second-order valence-corrected chi connectivity index (χ2v) is 5.54. The number of piperidine rings is 1. The van der Waals surface area contributed by atoms with E-state index in [1.54, 1.807) is 19.1 Å². The lowest BCUT2D eigenvalue weighted by atomic mass is 9.80. The molecule has 1 saturated heterocycles. The summed E-state index contributed by atoms with van der Waals surface area (Å²) in [6.45, 7) is 5.27. The molecule has 0 aliphatic carbocycles. The number of carbonyl (C=O) groups excluding carboxylic acids is 1. The van der Waals surface area contributed by atoms with Crippen molar-refractivity contribution in [2.75, 3.05) is 18.4 Å². The van der Waals surface area contributed by atoms with Crippen molar-refractivity contribution in [1.82, 2.24) is 5.32 Å². The molecule has 1 aromatic rings. The minimum atomic E-state index is -0.468. The Bertz CT molecular complexity index is 536. The van der Waals surface area contributed by atoms with Gasteiger partial charge in [0.15, 0.2) is 0 Å². The van der Waals surface area contributed by atoms with Gasteiger partial charge in [0, 0.05) is 11.5 Å². The van der Waals surface area contributed by atoms with Gasteiger partial charge >= 0.3 is 0 Å². The number of carbonyl (C=O) groups is 1. The molecule has 0 unspecified atom stereocenters. The lowest BCUT2D eigenvalue weighted by Gasteiger charge is -2.32. The predicted octanol–water partition coefficient (Wildman–Crippen LogP) is 2.23. The maximum absolute atomic E-state index is 12.4. The van der Waals surface area contributed by atoms with Crippen LogP contribution in [0.3, 0.4) is 0 Å². The highest BCUT2D eigenvalue weighted by atomic mass is 16.6. The first-order valence-electron chi connectivity index (χ1n) is 6.70. The smallest absolute Gasteiger partial charge is 0.293 e. The largest absolute Gasteiger partial charge is 0.320 e. The van der Waals surface area contributed by atoms with Crippen molar-refractivity contribution >= 4 is 17.3 Å². The Kier molecular flexibility index (Phi) is 4.04. The monoisotopic (exact) mass is 277 g/mol. The van der Waals surface area contributed by atoms with E-state index in [-0.39, 0.29) is 17.3 Å². The number of benzene rings is 1. The molecule has 0 aromatic heterocycles. The van der Waals surface area contributed by atoms with Crippen molar-refractivity contribution in [3.05, 3.63) is 33.9 Å². The Morgan fingerprint density at radius 1 is 1.40 bits per heavy atom. The molecule has 1 aliphatic heterocycles. The number of nitro benzene ring substituents is 1. The summed E-state index contributed by atoms with van der Waals surface area (Å²) in [6, 6.07) is 4.82. The van der Waals surface area contributed by atoms with Gasteiger partial charge in [0.05, 0.1) is 4.92 Å². The number of rotatable bonds is 3. The van der Waals surface area contributed by atoms with E-state index < -0.39 is 10.3 Å². The van der Waals surface area contributed by atoms with E-state index >= 15 is 0 Å². The molecule has 6 nitrogen and oxygen atoms in total. The third kappa shape index (κ3) is 2.96. The van der Waals surface area contributed by atoms with Crippen LogP contribution in [0.2, 0.25) is 0 Å². The number of nitrogens with zero attached hydrogens (tertiary/aromatic N) is 1. The summed E-state index contributed by atoms with van der Waals surface area (Å²) in [5, 5.41) is 17.0. The topological polar surface area (TPSA) is 84.3 Å². The fourth-order valence-corrected chi connectivity index (χ4v) is 2.38. The summed E-state index contributed by atoms with van der Waals surface area (Å²) in [7, 11) is 0. The molecule has 1 heterocycles. The van der Waals surface area contributed by atoms with Crippen molar-refractivity contribution in [2.24, 2.45) is 5.41 Å². The van der Waals surface area contributed by atoms with Crippen LogP contribution < -0.4 is 10.6 Å². The van der Waals surface area contributed by atoms with E-state index in [1.165, 1.54) is 6.07 Å². The molecule has 0 spiro atoms. The maximum Gasteiger partial charge on any atom is 0.293 e. The van der Waals surface area contributed by atoms with Gasteiger partial charge in [-0.15, -0.1) is 0 Å². The van der Waals surface area contributed by atoms with E-state index in [0.29, 0.717) is 0 Å². The molecule has 1 aromatic carbocycles. The molecule has 1 aliphatic rings. The molecule has 2 rings (SSSR count). The second kappa shape index (κ2) is 5.58. The Labute approximate surface area is 117 Å². The van der Waals surface area contributed by atoms with Gasteiger partial charge in [0.25, 0.3) is 5.69 Å². The highest BCUT2D eigenvalue weighted by Crippen LogP contribution is 2.32. The van der Waals surface area contributed by atoms with Crippen LogP contribution >= 0.6 is 0 Å². The summed E-state index contributed by atoms with van der Waals surface area (Å²) in [5.74, 6) is -0.147. The van der Waals surface area contributed by atoms with Crippen LogP contribution in [0.1, 0.15) is 25.3 Å². The summed E-state index contributed by atoms with van der Waals surface area (Å²) >= 11 is 0. The Balaban J connectivity index is 2.21. The van der Waals surface area contributed by atoms with Gasteiger partial charge in [-0.1, -0.05) is 13.0 Å². The molecular formula is C14H19N3O3. The minimum absolute atomic E-state index is 0.0594. The molecule has 0 saturated carbocycles. The standard InChI is InChI=1S/C14H19N3O3/c1-10-3-4-11(12(9-10)17(19)20)16-13(18)14(2)5-7-15-8-6-14/h3-4,9,15H,5-8H2,1-2H3,(H,16,18). The summed E-state index contributed by atoms with van der Waals surface area (Å²) in [4.78, 5) is 23.0. The Morgan fingerprint density at radius 3 is 2.65 bits per heavy atom. The average Bonchev–Trinajstić information content (AvgIpc) is 2.41. The molecule has 6 heteroatoms. The summed E-state index contributed by atoms with van der Waals surface area (Å²) in [5.41, 5.74) is 0.535. The molecule has 0 atom stereocenters. The first-order chi connectivity index (χ1) is 9.42. The first-order valence-corrected chi connectivity index (χ1v) is 6.70. The van der Waals surface area contributed by atoms with Gasteiger partial charge in [-0.25, -0.2) is 0 Å². The van der Waals surface area contributed by atoms with Crippen molar-refractivity contribution in [1.29, 1.82) is 0 Å². The molecule has 1 fully saturated rings. The number of hydrogen-bond acceptors (Lipinski definition) is 4. The highest BCUT2D eigenvalue weighted by molar-refractivity contribution is 5.97. The van der Waals surface area contributed by atoms with Gasteiger partial charge in [0.1, 0.15) is 5.69 Å². The van der Waals surface area contributed by atoms with Gasteiger partial charge in [-0.3, -0.25) is 14.9 Å². The van der Waals surface area contributed by atoms with E-state index in [2.05, 4.69) is 10.6 Å². The van der Waals surface area contributed by atoms with E-state index in [1.807, 2.05) is 6.92 Å². The number of anilines is 1. The third-order valence-electron chi connectivity index (χ3n) is 3.85. The number of amides is 1. The van der Waals surface area contributed by atoms with Crippen molar-refractivity contribution in [2.45, 2.75) is 26.7 Å². The first kappa shape index (κ1) is 14.5. The highest BCUT2D eigenvalue weighted by Gasteiger charge is 2.35. The zero-order valence-corrected chi connectivity index (χ0v) is 11.7. The van der Waals surface area contributed by atoms with E-state index in [0.717, 1.165) is 31.5 Å². The lowest BCUT2D eigenvalue weighted by Crippen LogP contribution is -2.42. The van der Waals surface area contributed by atoms with Gasteiger partial charge in [-0.2, -0.15) is 0 Å². The normalized spacial score (nSPS) is 17.5. The van der Waals surface area contributed by atoms with Crippen molar-refractivity contribution < 1.29 is 9.72 Å². The lowest BCUT2D eigenvalue weighted by molar-refractivity contribution is -0.384. The van der Waals surface area contributed by atoms with Crippen molar-refractivity contribution in [3.8, 4) is 0 Å². The maximum atomic E-state index is 12.4. The van der Waals surface area contributed by atoms with Crippen LogP contribution in [-0.4, -0.2) is 23.9 Å². The molecule has 108 valence electrons. The average molecular weight is 277 g/mol. The molecule has 20 heavy (non-hydrogen) atoms. The molecule has 0 radical (unpaired) electrons. The van der Waals surface area contributed by atoms with Gasteiger partial charge in [0.2, 0.25) is 5.91 Å². The second-order valence-electron chi connectivity index (χ2n) is 5.54. The van der Waals surface area contributed by atoms with Crippen LogP contribution in [0.15, 0.2) is 18.2 Å². The van der Waals surface area contributed by atoms with Crippen LogP contribution in [0.25, 0.3) is 0 Å². The van der Waals surface area contributed by atoms with Crippen LogP contribution in [0, 0.1) is 22.5 Å². The molecule has 1 amide bonds. The zero-order valence-electron chi connectivity index (χ0n) is 11.7. The quantitative estimate of drug-likeness (QED) is 0.655. The van der Waals surface area contributed by atoms with Gasteiger partial charge < -0.3 is 10.6 Å². The SMILES string of the molecule is Cc1ccc(NC(=O)C2(C)CCNCC2)c([N+](=O)[O-])c1.